The van der Waals surface area contributed by atoms with Gasteiger partial charge in [-0.3, -0.25) is 4.90 Å². The quantitative estimate of drug-likeness (QED) is 0.910. The van der Waals surface area contributed by atoms with Gasteiger partial charge in [-0.15, -0.1) is 12.4 Å². The molecule has 0 aliphatic carbocycles. The van der Waals surface area contributed by atoms with Crippen LogP contribution in [0.2, 0.25) is 0 Å². The Kier molecular flexibility index (Phi) is 6.97. The Morgan fingerprint density at radius 2 is 1.95 bits per heavy atom. The van der Waals surface area contributed by atoms with E-state index >= 15 is 0 Å². The first-order chi connectivity index (χ1) is 9.48. The second-order valence-corrected chi connectivity index (χ2v) is 5.51. The van der Waals surface area contributed by atoms with E-state index in [9.17, 15) is 13.2 Å². The van der Waals surface area contributed by atoms with Crippen LogP contribution in [0.1, 0.15) is 24.4 Å². The van der Waals surface area contributed by atoms with Crippen molar-refractivity contribution in [2.75, 3.05) is 26.7 Å². The summed E-state index contributed by atoms with van der Waals surface area (Å²) in [5, 5.41) is 3.25. The third kappa shape index (κ3) is 5.16. The molecule has 0 spiro atoms. The van der Waals surface area contributed by atoms with Gasteiger partial charge in [0, 0.05) is 6.54 Å². The summed E-state index contributed by atoms with van der Waals surface area (Å²) in [5.74, 6) is 0.294. The van der Waals surface area contributed by atoms with Crippen LogP contribution in [-0.4, -0.2) is 37.8 Å². The van der Waals surface area contributed by atoms with Crippen LogP contribution < -0.4 is 5.32 Å². The summed E-state index contributed by atoms with van der Waals surface area (Å²) >= 11 is 0. The van der Waals surface area contributed by atoms with Crippen LogP contribution in [0.4, 0.5) is 13.2 Å². The average molecular weight is 323 g/mol. The zero-order valence-electron chi connectivity index (χ0n) is 12.1. The van der Waals surface area contributed by atoms with Crippen LogP contribution >= 0.6 is 12.4 Å². The highest BCUT2D eigenvalue weighted by Crippen LogP contribution is 2.37. The first-order valence-corrected chi connectivity index (χ1v) is 7.01. The van der Waals surface area contributed by atoms with E-state index in [4.69, 9.17) is 0 Å². The van der Waals surface area contributed by atoms with Gasteiger partial charge in [0.1, 0.15) is 6.04 Å². The number of alkyl halides is 3. The Labute approximate surface area is 130 Å². The van der Waals surface area contributed by atoms with E-state index in [0.29, 0.717) is 18.0 Å². The average Bonchev–Trinajstić information content (AvgIpc) is 2.39. The fourth-order valence-electron chi connectivity index (χ4n) is 2.92. The van der Waals surface area contributed by atoms with Crippen molar-refractivity contribution in [2.45, 2.75) is 25.1 Å². The summed E-state index contributed by atoms with van der Waals surface area (Å²) in [5.41, 5.74) is 0.311. The number of hydrogen-bond donors (Lipinski definition) is 1. The van der Waals surface area contributed by atoms with Gasteiger partial charge < -0.3 is 5.32 Å². The normalized spacial score (nSPS) is 20.9. The first kappa shape index (κ1) is 18.3. The molecule has 2 atom stereocenters. The number of benzene rings is 1. The molecular formula is C15H22ClF3N2. The molecule has 1 aliphatic rings. The molecule has 120 valence electrons. The molecule has 1 fully saturated rings. The number of rotatable bonds is 4. The molecule has 1 N–H and O–H groups in total. The van der Waals surface area contributed by atoms with E-state index in [2.05, 4.69) is 5.32 Å². The highest BCUT2D eigenvalue weighted by Gasteiger charge is 2.43. The summed E-state index contributed by atoms with van der Waals surface area (Å²) in [7, 11) is 1.57. The molecule has 0 radical (unpaired) electrons. The van der Waals surface area contributed by atoms with Gasteiger partial charge in [-0.05, 0) is 44.5 Å². The van der Waals surface area contributed by atoms with E-state index in [1.165, 1.54) is 4.90 Å². The Balaban J connectivity index is 0.00000220. The van der Waals surface area contributed by atoms with Crippen molar-refractivity contribution in [1.82, 2.24) is 10.2 Å². The SMILES string of the molecule is CN(CC1CCCNC1)C(c1ccccc1)C(F)(F)F.Cl. The molecule has 1 aliphatic heterocycles. The fourth-order valence-corrected chi connectivity index (χ4v) is 2.92. The maximum Gasteiger partial charge on any atom is 0.408 e. The summed E-state index contributed by atoms with van der Waals surface area (Å²) in [4.78, 5) is 1.44. The van der Waals surface area contributed by atoms with Gasteiger partial charge in [-0.1, -0.05) is 30.3 Å². The van der Waals surface area contributed by atoms with Crippen molar-refractivity contribution in [3.05, 3.63) is 35.9 Å². The second kappa shape index (κ2) is 8.01. The van der Waals surface area contributed by atoms with E-state index in [0.717, 1.165) is 25.9 Å². The van der Waals surface area contributed by atoms with Gasteiger partial charge in [0.15, 0.2) is 0 Å². The third-order valence-corrected chi connectivity index (χ3v) is 3.81. The standard InChI is InChI=1S/C15H21F3N2.ClH/c1-20(11-12-6-5-9-19-10-12)14(15(16,17)18)13-7-3-2-4-8-13;/h2-4,7-8,12,14,19H,5-6,9-11H2,1H3;1H. The maximum absolute atomic E-state index is 13.4. The van der Waals surface area contributed by atoms with E-state index in [1.54, 1.807) is 37.4 Å². The van der Waals surface area contributed by atoms with Crippen molar-refractivity contribution in [3.63, 3.8) is 0 Å². The summed E-state index contributed by atoms with van der Waals surface area (Å²) < 4.78 is 40.1. The molecule has 0 amide bonds. The second-order valence-electron chi connectivity index (χ2n) is 5.51. The van der Waals surface area contributed by atoms with Gasteiger partial charge >= 0.3 is 6.18 Å². The van der Waals surface area contributed by atoms with E-state index in [-0.39, 0.29) is 12.4 Å². The minimum atomic E-state index is -4.25. The molecular weight excluding hydrogens is 301 g/mol. The highest BCUT2D eigenvalue weighted by molar-refractivity contribution is 5.85. The molecule has 21 heavy (non-hydrogen) atoms. The Hall–Kier alpha value is -0.780. The van der Waals surface area contributed by atoms with Crippen LogP contribution in [0, 0.1) is 5.92 Å². The zero-order valence-corrected chi connectivity index (χ0v) is 12.9. The van der Waals surface area contributed by atoms with Crippen molar-refractivity contribution in [3.8, 4) is 0 Å². The molecule has 1 aromatic rings. The fraction of sp³-hybridized carbons (Fsp3) is 0.600. The number of piperidine rings is 1. The topological polar surface area (TPSA) is 15.3 Å². The van der Waals surface area contributed by atoms with Gasteiger partial charge in [0.05, 0.1) is 0 Å². The number of halogens is 4. The largest absolute Gasteiger partial charge is 0.408 e. The molecule has 0 saturated carbocycles. The van der Waals surface area contributed by atoms with Crippen LogP contribution in [0.25, 0.3) is 0 Å². The Morgan fingerprint density at radius 1 is 1.29 bits per heavy atom. The predicted octanol–water partition coefficient (Wildman–Crippen LogP) is 3.64. The van der Waals surface area contributed by atoms with Crippen LogP contribution in [0.5, 0.6) is 0 Å². The Bertz CT molecular complexity index is 405. The van der Waals surface area contributed by atoms with E-state index < -0.39 is 12.2 Å². The number of nitrogens with one attached hydrogen (secondary N) is 1. The first-order valence-electron chi connectivity index (χ1n) is 7.01. The van der Waals surface area contributed by atoms with Gasteiger partial charge in [-0.2, -0.15) is 13.2 Å². The van der Waals surface area contributed by atoms with Gasteiger partial charge in [0.2, 0.25) is 0 Å². The maximum atomic E-state index is 13.4. The lowest BCUT2D eigenvalue weighted by Gasteiger charge is -2.34. The molecule has 2 nitrogen and oxygen atoms in total. The minimum absolute atomic E-state index is 0. The monoisotopic (exact) mass is 322 g/mol. The van der Waals surface area contributed by atoms with Gasteiger partial charge in [-0.25, -0.2) is 0 Å². The third-order valence-electron chi connectivity index (χ3n) is 3.81. The van der Waals surface area contributed by atoms with Crippen molar-refractivity contribution < 1.29 is 13.2 Å². The van der Waals surface area contributed by atoms with Crippen molar-refractivity contribution in [1.29, 1.82) is 0 Å². The lowest BCUT2D eigenvalue weighted by molar-refractivity contribution is -0.184. The smallest absolute Gasteiger partial charge is 0.316 e. The molecule has 1 saturated heterocycles. The Morgan fingerprint density at radius 3 is 2.48 bits per heavy atom. The van der Waals surface area contributed by atoms with E-state index in [1.807, 2.05) is 0 Å². The highest BCUT2D eigenvalue weighted by atomic mass is 35.5. The molecule has 0 bridgehead atoms. The van der Waals surface area contributed by atoms with Crippen molar-refractivity contribution in [2.24, 2.45) is 5.92 Å². The summed E-state index contributed by atoms with van der Waals surface area (Å²) in [6, 6.07) is 6.63. The molecule has 2 unspecified atom stereocenters. The number of hydrogen-bond acceptors (Lipinski definition) is 2. The van der Waals surface area contributed by atoms with Crippen LogP contribution in [-0.2, 0) is 0 Å². The lowest BCUT2D eigenvalue weighted by Crippen LogP contribution is -2.42. The van der Waals surface area contributed by atoms with Gasteiger partial charge in [0.25, 0.3) is 0 Å². The summed E-state index contributed by atoms with van der Waals surface area (Å²) in [6.07, 6.45) is -2.21. The van der Waals surface area contributed by atoms with Crippen molar-refractivity contribution >= 4 is 12.4 Å². The summed E-state index contributed by atoms with van der Waals surface area (Å²) in [6.45, 7) is 2.25. The molecule has 6 heteroatoms. The molecule has 1 heterocycles. The number of nitrogens with zero attached hydrogens (tertiary/aromatic N) is 1. The lowest BCUT2D eigenvalue weighted by atomic mass is 9.97. The zero-order chi connectivity index (χ0) is 14.6. The molecule has 2 rings (SSSR count). The predicted molar refractivity (Wildman–Crippen MR) is 80.7 cm³/mol. The molecule has 0 aromatic heterocycles. The van der Waals surface area contributed by atoms with Crippen LogP contribution in [0.3, 0.4) is 0 Å². The van der Waals surface area contributed by atoms with Crippen LogP contribution in [0.15, 0.2) is 30.3 Å². The minimum Gasteiger partial charge on any atom is -0.316 e. The molecule has 1 aromatic carbocycles.